The summed E-state index contributed by atoms with van der Waals surface area (Å²) in [6, 6.07) is 15.8. The van der Waals surface area contributed by atoms with E-state index in [1.54, 1.807) is 0 Å². The molecule has 1 atom stereocenters. The smallest absolute Gasteiger partial charge is 0.0540 e. The Hall–Kier alpha value is -2.13. The highest BCUT2D eigenvalue weighted by Crippen LogP contribution is 2.34. The van der Waals surface area contributed by atoms with Gasteiger partial charge in [0.25, 0.3) is 0 Å². The maximum Gasteiger partial charge on any atom is 0.0540 e. The van der Waals surface area contributed by atoms with Gasteiger partial charge in [0.1, 0.15) is 0 Å². The van der Waals surface area contributed by atoms with E-state index >= 15 is 0 Å². The van der Waals surface area contributed by atoms with E-state index < -0.39 is 0 Å². The SMILES string of the molecule is CN(Cc1cccc2ccccc12)C1CCCc2c1cnn2C. The molecule has 0 saturated heterocycles. The van der Waals surface area contributed by atoms with Gasteiger partial charge in [0.15, 0.2) is 0 Å². The number of nitrogens with zero attached hydrogens (tertiary/aromatic N) is 3. The van der Waals surface area contributed by atoms with Crippen LogP contribution in [0.5, 0.6) is 0 Å². The van der Waals surface area contributed by atoms with E-state index in [0.29, 0.717) is 6.04 Å². The largest absolute Gasteiger partial charge is 0.295 e. The van der Waals surface area contributed by atoms with Crippen LogP contribution in [0.2, 0.25) is 0 Å². The van der Waals surface area contributed by atoms with Crippen LogP contribution >= 0.6 is 0 Å². The van der Waals surface area contributed by atoms with Crippen molar-refractivity contribution in [1.29, 1.82) is 0 Å². The van der Waals surface area contributed by atoms with E-state index in [0.717, 1.165) is 13.0 Å². The molecule has 1 unspecified atom stereocenters. The fourth-order valence-corrected chi connectivity index (χ4v) is 3.95. The number of benzene rings is 2. The lowest BCUT2D eigenvalue weighted by Crippen LogP contribution is -2.27. The van der Waals surface area contributed by atoms with Gasteiger partial charge in [-0.3, -0.25) is 9.58 Å². The molecule has 3 heteroatoms. The molecule has 2 aromatic carbocycles. The van der Waals surface area contributed by atoms with Crippen LogP contribution in [-0.2, 0) is 20.0 Å². The van der Waals surface area contributed by atoms with Crippen molar-refractivity contribution in [3.63, 3.8) is 0 Å². The molecule has 0 amide bonds. The monoisotopic (exact) mass is 305 g/mol. The zero-order valence-electron chi connectivity index (χ0n) is 13.9. The fourth-order valence-electron chi connectivity index (χ4n) is 3.95. The maximum absolute atomic E-state index is 4.48. The molecular formula is C20H23N3. The first-order valence-corrected chi connectivity index (χ1v) is 8.41. The van der Waals surface area contributed by atoms with Gasteiger partial charge in [0.05, 0.1) is 6.20 Å². The van der Waals surface area contributed by atoms with Gasteiger partial charge >= 0.3 is 0 Å². The van der Waals surface area contributed by atoms with Crippen molar-refractivity contribution in [2.75, 3.05) is 7.05 Å². The molecule has 0 fully saturated rings. The van der Waals surface area contributed by atoms with Crippen LogP contribution in [0.15, 0.2) is 48.7 Å². The van der Waals surface area contributed by atoms with Crippen LogP contribution in [0, 0.1) is 0 Å². The number of aryl methyl sites for hydroxylation is 1. The number of aromatic nitrogens is 2. The molecule has 1 heterocycles. The van der Waals surface area contributed by atoms with Crippen molar-refractivity contribution in [2.45, 2.75) is 31.8 Å². The summed E-state index contributed by atoms with van der Waals surface area (Å²) in [5, 5.41) is 7.17. The minimum Gasteiger partial charge on any atom is -0.295 e. The van der Waals surface area contributed by atoms with Crippen molar-refractivity contribution in [1.82, 2.24) is 14.7 Å². The van der Waals surface area contributed by atoms with Crippen LogP contribution in [0.25, 0.3) is 10.8 Å². The predicted octanol–water partition coefficient (Wildman–Crippen LogP) is 4.08. The second kappa shape index (κ2) is 5.82. The molecule has 23 heavy (non-hydrogen) atoms. The lowest BCUT2D eigenvalue weighted by molar-refractivity contribution is 0.213. The summed E-state index contributed by atoms with van der Waals surface area (Å²) < 4.78 is 2.05. The lowest BCUT2D eigenvalue weighted by atomic mass is 9.91. The van der Waals surface area contributed by atoms with Gasteiger partial charge in [-0.05, 0) is 42.6 Å². The molecule has 0 spiro atoms. The summed E-state index contributed by atoms with van der Waals surface area (Å²) in [6.45, 7) is 0.973. The highest BCUT2D eigenvalue weighted by molar-refractivity contribution is 5.85. The van der Waals surface area contributed by atoms with Gasteiger partial charge in [0.2, 0.25) is 0 Å². The summed E-state index contributed by atoms with van der Waals surface area (Å²) in [5.74, 6) is 0. The zero-order chi connectivity index (χ0) is 15.8. The van der Waals surface area contributed by atoms with Gasteiger partial charge in [-0.1, -0.05) is 42.5 Å². The van der Waals surface area contributed by atoms with Gasteiger partial charge in [-0.2, -0.15) is 5.10 Å². The van der Waals surface area contributed by atoms with Crippen molar-refractivity contribution in [3.05, 3.63) is 65.5 Å². The first-order valence-electron chi connectivity index (χ1n) is 8.41. The minimum atomic E-state index is 0.478. The molecule has 0 radical (unpaired) electrons. The Morgan fingerprint density at radius 3 is 2.91 bits per heavy atom. The Bertz CT molecular complexity index is 829. The van der Waals surface area contributed by atoms with E-state index in [1.165, 1.54) is 40.4 Å². The Kier molecular flexibility index (Phi) is 3.66. The first-order chi connectivity index (χ1) is 11.2. The molecular weight excluding hydrogens is 282 g/mol. The summed E-state index contributed by atoms with van der Waals surface area (Å²) in [6.07, 6.45) is 5.69. The first kappa shape index (κ1) is 14.5. The van der Waals surface area contributed by atoms with Crippen LogP contribution in [0.4, 0.5) is 0 Å². The van der Waals surface area contributed by atoms with Crippen molar-refractivity contribution >= 4 is 10.8 Å². The highest BCUT2D eigenvalue weighted by Gasteiger charge is 2.26. The molecule has 118 valence electrons. The van der Waals surface area contributed by atoms with E-state index in [1.807, 2.05) is 4.68 Å². The molecule has 0 bridgehead atoms. The zero-order valence-corrected chi connectivity index (χ0v) is 13.9. The average molecular weight is 305 g/mol. The number of hydrogen-bond donors (Lipinski definition) is 0. The predicted molar refractivity (Wildman–Crippen MR) is 94.3 cm³/mol. The van der Waals surface area contributed by atoms with Crippen LogP contribution in [-0.4, -0.2) is 21.7 Å². The Morgan fingerprint density at radius 1 is 1.17 bits per heavy atom. The number of fused-ring (bicyclic) bond motifs is 2. The van der Waals surface area contributed by atoms with Gasteiger partial charge in [-0.15, -0.1) is 0 Å². The number of hydrogen-bond acceptors (Lipinski definition) is 2. The van der Waals surface area contributed by atoms with Crippen molar-refractivity contribution in [2.24, 2.45) is 7.05 Å². The van der Waals surface area contributed by atoms with Crippen LogP contribution in [0.1, 0.15) is 35.7 Å². The van der Waals surface area contributed by atoms with E-state index in [2.05, 4.69) is 72.8 Å². The van der Waals surface area contributed by atoms with Gasteiger partial charge < -0.3 is 0 Å². The fraction of sp³-hybridized carbons (Fsp3) is 0.350. The molecule has 1 aliphatic rings. The summed E-state index contributed by atoms with van der Waals surface area (Å²) in [7, 11) is 4.31. The quantitative estimate of drug-likeness (QED) is 0.727. The molecule has 3 nitrogen and oxygen atoms in total. The van der Waals surface area contributed by atoms with Gasteiger partial charge in [0, 0.05) is 30.9 Å². The molecule has 0 saturated carbocycles. The molecule has 3 aromatic rings. The lowest BCUT2D eigenvalue weighted by Gasteiger charge is -2.31. The minimum absolute atomic E-state index is 0.478. The highest BCUT2D eigenvalue weighted by atomic mass is 15.3. The van der Waals surface area contributed by atoms with Crippen molar-refractivity contribution < 1.29 is 0 Å². The number of rotatable bonds is 3. The van der Waals surface area contributed by atoms with Gasteiger partial charge in [-0.25, -0.2) is 0 Å². The molecule has 0 N–H and O–H groups in total. The van der Waals surface area contributed by atoms with E-state index in [4.69, 9.17) is 0 Å². The third kappa shape index (κ3) is 2.55. The average Bonchev–Trinajstić information content (AvgIpc) is 2.96. The third-order valence-corrected chi connectivity index (χ3v) is 5.18. The molecule has 1 aliphatic carbocycles. The topological polar surface area (TPSA) is 21.1 Å². The third-order valence-electron chi connectivity index (χ3n) is 5.18. The summed E-state index contributed by atoms with van der Waals surface area (Å²) in [4.78, 5) is 2.49. The van der Waals surface area contributed by atoms with Crippen molar-refractivity contribution in [3.8, 4) is 0 Å². The van der Waals surface area contributed by atoms with E-state index in [-0.39, 0.29) is 0 Å². The Labute approximate surface area is 137 Å². The second-order valence-corrected chi connectivity index (χ2v) is 6.63. The normalized spacial score (nSPS) is 17.6. The molecule has 1 aromatic heterocycles. The maximum atomic E-state index is 4.48. The van der Waals surface area contributed by atoms with E-state index in [9.17, 15) is 0 Å². The second-order valence-electron chi connectivity index (χ2n) is 6.63. The molecule has 4 rings (SSSR count). The summed E-state index contributed by atoms with van der Waals surface area (Å²) in [5.41, 5.74) is 4.23. The van der Waals surface area contributed by atoms with Crippen LogP contribution < -0.4 is 0 Å². The standard InChI is InChI=1S/C20H23N3/c1-22(19-11-6-12-20-18(19)13-21-23(20)2)14-16-9-5-8-15-7-3-4-10-17(15)16/h3-5,7-10,13,19H,6,11-12,14H2,1-2H3. The Morgan fingerprint density at radius 2 is 2.00 bits per heavy atom. The molecule has 0 aliphatic heterocycles. The Balaban J connectivity index is 1.64. The summed E-state index contributed by atoms with van der Waals surface area (Å²) >= 11 is 0. The van der Waals surface area contributed by atoms with Crippen LogP contribution in [0.3, 0.4) is 0 Å².